The van der Waals surface area contributed by atoms with Crippen molar-refractivity contribution in [2.45, 2.75) is 187 Å². The Morgan fingerprint density at radius 1 is 0.457 bits per heavy atom. The van der Waals surface area contributed by atoms with E-state index >= 15 is 0 Å². The number of esters is 2. The summed E-state index contributed by atoms with van der Waals surface area (Å²) in [5.74, 6) is -0.889. The molecular formula is C60H99NO8P+. The van der Waals surface area contributed by atoms with Crippen molar-refractivity contribution in [1.29, 1.82) is 0 Å². The molecule has 0 spiro atoms. The molecule has 0 rings (SSSR count). The number of carbonyl (C=O) groups is 2. The third-order valence-corrected chi connectivity index (χ3v) is 11.6. The number of hydrogen-bond acceptors (Lipinski definition) is 7. The van der Waals surface area contributed by atoms with Crippen molar-refractivity contribution in [1.82, 2.24) is 0 Å². The predicted molar refractivity (Wildman–Crippen MR) is 297 cm³/mol. The van der Waals surface area contributed by atoms with Gasteiger partial charge in [-0.3, -0.25) is 18.6 Å². The van der Waals surface area contributed by atoms with Crippen LogP contribution in [0.25, 0.3) is 0 Å². The molecule has 0 saturated heterocycles. The van der Waals surface area contributed by atoms with E-state index in [4.69, 9.17) is 18.5 Å². The van der Waals surface area contributed by atoms with E-state index in [1.807, 2.05) is 27.2 Å². The molecule has 0 bridgehead atoms. The first kappa shape index (κ1) is 66.2. The summed E-state index contributed by atoms with van der Waals surface area (Å²) in [5, 5.41) is 0. The summed E-state index contributed by atoms with van der Waals surface area (Å²) in [6, 6.07) is 0. The number of ether oxygens (including phenoxy) is 2. The van der Waals surface area contributed by atoms with E-state index in [2.05, 4.69) is 141 Å². The van der Waals surface area contributed by atoms with Crippen LogP contribution in [-0.2, 0) is 32.7 Å². The van der Waals surface area contributed by atoms with Crippen molar-refractivity contribution in [2.75, 3.05) is 47.5 Å². The first-order valence-corrected chi connectivity index (χ1v) is 28.4. The zero-order valence-corrected chi connectivity index (χ0v) is 45.6. The lowest BCUT2D eigenvalue weighted by Crippen LogP contribution is -2.37. The van der Waals surface area contributed by atoms with Crippen LogP contribution in [0.5, 0.6) is 0 Å². The van der Waals surface area contributed by atoms with Gasteiger partial charge >= 0.3 is 19.8 Å². The first-order valence-electron chi connectivity index (χ1n) is 26.9. The second-order valence-corrected chi connectivity index (χ2v) is 20.0. The number of phosphoric ester groups is 1. The van der Waals surface area contributed by atoms with E-state index in [0.717, 1.165) is 89.9 Å². The van der Waals surface area contributed by atoms with Crippen molar-refractivity contribution in [3.05, 3.63) is 134 Å². The number of nitrogens with zero attached hydrogens (tertiary/aromatic N) is 1. The summed E-state index contributed by atoms with van der Waals surface area (Å²) in [4.78, 5) is 35.6. The normalized spacial score (nSPS) is 14.4. The third kappa shape index (κ3) is 53.5. The summed E-state index contributed by atoms with van der Waals surface area (Å²) >= 11 is 0. The molecule has 0 aliphatic heterocycles. The molecule has 2 atom stereocenters. The molecule has 2 unspecified atom stereocenters. The number of carbonyl (C=O) groups excluding carboxylic acids is 2. The summed E-state index contributed by atoms with van der Waals surface area (Å²) in [5.41, 5.74) is 0. The number of likely N-dealkylation sites (N-methyl/N-ethyl adjacent to an activating group) is 1. The molecule has 0 saturated carbocycles. The Bertz CT molecular complexity index is 1640. The highest BCUT2D eigenvalue weighted by Gasteiger charge is 2.27. The molecule has 0 amide bonds. The minimum Gasteiger partial charge on any atom is -0.462 e. The number of rotatable bonds is 47. The van der Waals surface area contributed by atoms with Gasteiger partial charge in [0.25, 0.3) is 0 Å². The fourth-order valence-electron chi connectivity index (χ4n) is 6.51. The molecule has 0 aromatic heterocycles. The quantitative estimate of drug-likeness (QED) is 0.0211. The first-order chi connectivity index (χ1) is 34.0. The molecule has 70 heavy (non-hydrogen) atoms. The van der Waals surface area contributed by atoms with Crippen LogP contribution in [0.3, 0.4) is 0 Å². The molecule has 0 aromatic rings. The van der Waals surface area contributed by atoms with Crippen LogP contribution in [0, 0.1) is 0 Å². The zero-order chi connectivity index (χ0) is 51.3. The lowest BCUT2D eigenvalue weighted by atomic mass is 10.1. The maximum atomic E-state index is 12.8. The molecular weight excluding hydrogens is 894 g/mol. The van der Waals surface area contributed by atoms with Crippen LogP contribution in [0.2, 0.25) is 0 Å². The topological polar surface area (TPSA) is 108 Å². The van der Waals surface area contributed by atoms with Gasteiger partial charge in [0.05, 0.1) is 27.7 Å². The van der Waals surface area contributed by atoms with Crippen molar-refractivity contribution in [2.24, 2.45) is 0 Å². The van der Waals surface area contributed by atoms with Gasteiger partial charge in [-0.1, -0.05) is 192 Å². The lowest BCUT2D eigenvalue weighted by molar-refractivity contribution is -0.870. The third-order valence-electron chi connectivity index (χ3n) is 10.7. The van der Waals surface area contributed by atoms with Gasteiger partial charge in [0.2, 0.25) is 0 Å². The maximum Gasteiger partial charge on any atom is 0.472 e. The molecule has 0 fully saturated rings. The van der Waals surface area contributed by atoms with Gasteiger partial charge in [-0.05, 0) is 109 Å². The number of phosphoric acid groups is 1. The van der Waals surface area contributed by atoms with E-state index in [1.165, 1.54) is 44.9 Å². The van der Waals surface area contributed by atoms with Crippen molar-refractivity contribution in [3.63, 3.8) is 0 Å². The van der Waals surface area contributed by atoms with Crippen LogP contribution in [0.4, 0.5) is 0 Å². The minimum atomic E-state index is -4.41. The molecule has 0 aliphatic rings. The number of allylic oxidation sites excluding steroid dienone is 22. The standard InChI is InChI=1S/C60H98NO8P/c1-6-8-10-12-14-16-18-20-22-24-25-26-27-28-29-30-31-32-33-34-35-37-39-41-43-45-47-49-51-53-60(63)69-58(57-68-70(64,65)67-55-54-61(3,4)5)56-66-59(62)52-50-48-46-44-42-40-38-36-23-21-19-17-15-13-11-9-7-2/h8,10,14-17,20-23,25-26,28-29,31-32,34-35,39,41,45,47,58H,6-7,9,11-13,18-19,24,27,30,33,36-38,40,42-44,46,48-57H2,1-5H3/p+1/b10-8-,16-14-,17-15-,22-20-,23-21-,26-25-,29-28-,32-31-,35-34-,41-39-,47-45-. The summed E-state index contributed by atoms with van der Waals surface area (Å²) in [7, 11) is 1.41. The van der Waals surface area contributed by atoms with E-state index in [1.54, 1.807) is 0 Å². The fraction of sp³-hybridized carbons (Fsp3) is 0.600. The largest absolute Gasteiger partial charge is 0.472 e. The van der Waals surface area contributed by atoms with Gasteiger partial charge in [-0.15, -0.1) is 0 Å². The van der Waals surface area contributed by atoms with Gasteiger partial charge in [0, 0.05) is 12.8 Å². The Kier molecular flexibility index (Phi) is 47.3. The predicted octanol–water partition coefficient (Wildman–Crippen LogP) is 16.6. The van der Waals surface area contributed by atoms with E-state index in [-0.39, 0.29) is 26.1 Å². The summed E-state index contributed by atoms with van der Waals surface area (Å²) in [6.07, 6.45) is 72.3. The van der Waals surface area contributed by atoms with E-state index in [0.29, 0.717) is 30.3 Å². The fourth-order valence-corrected chi connectivity index (χ4v) is 7.26. The van der Waals surface area contributed by atoms with E-state index in [9.17, 15) is 19.0 Å². The van der Waals surface area contributed by atoms with Crippen LogP contribution in [0.1, 0.15) is 181 Å². The Labute approximate surface area is 428 Å². The zero-order valence-electron chi connectivity index (χ0n) is 44.7. The Balaban J connectivity index is 4.39. The Morgan fingerprint density at radius 2 is 0.829 bits per heavy atom. The van der Waals surface area contributed by atoms with Crippen LogP contribution in [0.15, 0.2) is 134 Å². The molecule has 9 nitrogen and oxygen atoms in total. The summed E-state index contributed by atoms with van der Waals surface area (Å²) in [6.45, 7) is 4.19. The highest BCUT2D eigenvalue weighted by atomic mass is 31.2. The monoisotopic (exact) mass is 993 g/mol. The van der Waals surface area contributed by atoms with Gasteiger partial charge in [-0.2, -0.15) is 0 Å². The highest BCUT2D eigenvalue weighted by molar-refractivity contribution is 7.47. The maximum absolute atomic E-state index is 12.8. The molecule has 0 aromatic carbocycles. The average molecular weight is 993 g/mol. The van der Waals surface area contributed by atoms with Crippen molar-refractivity contribution >= 4 is 19.8 Å². The van der Waals surface area contributed by atoms with Gasteiger partial charge in [0.1, 0.15) is 19.8 Å². The van der Waals surface area contributed by atoms with Gasteiger partial charge in [0.15, 0.2) is 6.10 Å². The molecule has 10 heteroatoms. The lowest BCUT2D eigenvalue weighted by Gasteiger charge is -2.24. The van der Waals surface area contributed by atoms with E-state index < -0.39 is 32.5 Å². The average Bonchev–Trinajstić information content (AvgIpc) is 3.32. The number of hydrogen-bond donors (Lipinski definition) is 1. The molecule has 0 radical (unpaired) electrons. The number of unbranched alkanes of at least 4 members (excludes halogenated alkanes) is 11. The van der Waals surface area contributed by atoms with Crippen molar-refractivity contribution < 1.29 is 42.1 Å². The van der Waals surface area contributed by atoms with Gasteiger partial charge < -0.3 is 18.9 Å². The minimum absolute atomic E-state index is 0.0114. The highest BCUT2D eigenvalue weighted by Crippen LogP contribution is 2.43. The second kappa shape index (κ2) is 50.1. The van der Waals surface area contributed by atoms with Crippen LogP contribution >= 0.6 is 7.82 Å². The van der Waals surface area contributed by atoms with Crippen molar-refractivity contribution in [3.8, 4) is 0 Å². The van der Waals surface area contributed by atoms with Crippen LogP contribution in [-0.4, -0.2) is 74.9 Å². The molecule has 0 aliphatic carbocycles. The molecule has 1 N–H and O–H groups in total. The Morgan fingerprint density at radius 3 is 1.26 bits per heavy atom. The molecule has 396 valence electrons. The summed E-state index contributed by atoms with van der Waals surface area (Å²) < 4.78 is 34.4. The smallest absolute Gasteiger partial charge is 0.462 e. The van der Waals surface area contributed by atoms with Crippen LogP contribution < -0.4 is 0 Å². The SMILES string of the molecule is CC/C=C\C/C=C\C/C=C\C/C=C\C/C=C\C/C=C\C/C=C\C/C=C\C/C=C\CCCC(=O)OC(COC(=O)CCCCCCCCC/C=C\C/C=C\CCCCC)COP(=O)(O)OCC[N+](C)(C)C. The number of quaternary nitrogens is 1. The molecule has 0 heterocycles. The Hall–Kier alpha value is -3.85. The van der Waals surface area contributed by atoms with Gasteiger partial charge in [-0.25, -0.2) is 4.57 Å². The second-order valence-electron chi connectivity index (χ2n) is 18.5.